The Morgan fingerprint density at radius 2 is 1.50 bits per heavy atom. The molecule has 0 radical (unpaired) electrons. The lowest BCUT2D eigenvalue weighted by Gasteiger charge is -2.08. The smallest absolute Gasteiger partial charge is 0.314 e. The minimum absolute atomic E-state index is 0.0521. The van der Waals surface area contributed by atoms with Crippen molar-refractivity contribution in [2.75, 3.05) is 10.6 Å². The molecule has 0 spiro atoms. The lowest BCUT2D eigenvalue weighted by atomic mass is 10.2. The summed E-state index contributed by atoms with van der Waals surface area (Å²) in [7, 11) is 0. The topological polar surface area (TPSA) is 101 Å². The fraction of sp³-hybridized carbons (Fsp3) is 0. The van der Waals surface area contributed by atoms with Crippen LogP contribution in [-0.4, -0.2) is 16.7 Å². The third-order valence-corrected chi connectivity index (χ3v) is 3.86. The molecule has 124 valence electrons. The van der Waals surface area contributed by atoms with Gasteiger partial charge in [-0.05, 0) is 24.3 Å². The van der Waals surface area contributed by atoms with Gasteiger partial charge in [-0.1, -0.05) is 34.8 Å². The van der Waals surface area contributed by atoms with Crippen molar-refractivity contribution in [3.8, 4) is 0 Å². The van der Waals surface area contributed by atoms with Crippen molar-refractivity contribution in [3.63, 3.8) is 0 Å². The van der Waals surface area contributed by atoms with Gasteiger partial charge in [0.1, 0.15) is 0 Å². The number of nitrogens with zero attached hydrogens (tertiary/aromatic N) is 1. The first-order chi connectivity index (χ1) is 11.3. The van der Waals surface area contributed by atoms with Gasteiger partial charge in [-0.2, -0.15) is 0 Å². The molecule has 0 aromatic heterocycles. The summed E-state index contributed by atoms with van der Waals surface area (Å²) in [6.45, 7) is 0. The van der Waals surface area contributed by atoms with E-state index in [4.69, 9.17) is 34.8 Å². The van der Waals surface area contributed by atoms with E-state index in [2.05, 4.69) is 10.6 Å². The van der Waals surface area contributed by atoms with Crippen molar-refractivity contribution in [1.82, 2.24) is 0 Å². The maximum absolute atomic E-state index is 11.9. The highest BCUT2D eigenvalue weighted by Gasteiger charge is 2.18. The van der Waals surface area contributed by atoms with E-state index in [9.17, 15) is 19.7 Å². The highest BCUT2D eigenvalue weighted by Crippen LogP contribution is 2.27. The van der Waals surface area contributed by atoms with E-state index in [0.29, 0.717) is 5.02 Å². The third kappa shape index (κ3) is 4.35. The van der Waals surface area contributed by atoms with Gasteiger partial charge < -0.3 is 10.6 Å². The zero-order valence-corrected chi connectivity index (χ0v) is 13.9. The molecular weight excluding hydrogens is 381 g/mol. The zero-order chi connectivity index (χ0) is 17.9. The highest BCUT2D eigenvalue weighted by atomic mass is 35.5. The predicted octanol–water partition coefficient (Wildman–Crippen LogP) is 4.13. The number of hydrogen-bond donors (Lipinski definition) is 2. The monoisotopic (exact) mass is 387 g/mol. The van der Waals surface area contributed by atoms with E-state index in [1.165, 1.54) is 30.3 Å². The Morgan fingerprint density at radius 3 is 2.12 bits per heavy atom. The van der Waals surface area contributed by atoms with Crippen molar-refractivity contribution >= 4 is 63.7 Å². The van der Waals surface area contributed by atoms with Gasteiger partial charge in [0.2, 0.25) is 0 Å². The Labute approximate surface area is 150 Å². The van der Waals surface area contributed by atoms with Gasteiger partial charge in [0.15, 0.2) is 0 Å². The molecule has 2 rings (SSSR count). The maximum Gasteiger partial charge on any atom is 0.314 e. The van der Waals surface area contributed by atoms with Gasteiger partial charge in [-0.15, -0.1) is 0 Å². The van der Waals surface area contributed by atoms with Crippen LogP contribution < -0.4 is 10.6 Å². The van der Waals surface area contributed by atoms with Crippen LogP contribution in [0.15, 0.2) is 36.4 Å². The first-order valence-corrected chi connectivity index (χ1v) is 7.42. The van der Waals surface area contributed by atoms with Crippen LogP contribution in [0.25, 0.3) is 0 Å². The fourth-order valence-corrected chi connectivity index (χ4v) is 2.13. The fourth-order valence-electron chi connectivity index (χ4n) is 1.66. The van der Waals surface area contributed by atoms with Crippen LogP contribution in [0.5, 0.6) is 0 Å². The molecule has 0 atom stereocenters. The number of nitrogens with one attached hydrogen (secondary N) is 2. The summed E-state index contributed by atoms with van der Waals surface area (Å²) in [5.41, 5.74) is -0.0746. The standard InChI is InChI=1S/C14H8Cl3N3O4/c15-9-3-1-7(5-11(9)17)18-13(21)14(22)19-12-6-8(20(23)24)2-4-10(12)16/h1-6H,(H,18,21)(H,19,22). The number of halogens is 3. The summed E-state index contributed by atoms with van der Waals surface area (Å²) in [4.78, 5) is 33.8. The van der Waals surface area contributed by atoms with Gasteiger partial charge in [0.05, 0.1) is 25.7 Å². The molecule has 0 unspecified atom stereocenters. The van der Waals surface area contributed by atoms with Crippen LogP contribution >= 0.6 is 34.8 Å². The second-order valence-electron chi connectivity index (χ2n) is 4.46. The number of carbonyl (C=O) groups excluding carboxylic acids is 2. The van der Waals surface area contributed by atoms with Crippen LogP contribution in [0.2, 0.25) is 15.1 Å². The number of benzene rings is 2. The zero-order valence-electron chi connectivity index (χ0n) is 11.7. The molecule has 7 nitrogen and oxygen atoms in total. The Hall–Kier alpha value is -2.35. The molecule has 2 aromatic rings. The molecule has 0 saturated heterocycles. The molecular formula is C14H8Cl3N3O4. The molecule has 2 aromatic carbocycles. The first-order valence-electron chi connectivity index (χ1n) is 6.29. The van der Waals surface area contributed by atoms with Crippen molar-refractivity contribution in [1.29, 1.82) is 0 Å². The summed E-state index contributed by atoms with van der Waals surface area (Å²) in [5.74, 6) is -2.06. The van der Waals surface area contributed by atoms with E-state index in [0.717, 1.165) is 6.07 Å². The Morgan fingerprint density at radius 1 is 0.875 bits per heavy atom. The van der Waals surface area contributed by atoms with E-state index in [1.54, 1.807) is 0 Å². The van der Waals surface area contributed by atoms with Crippen molar-refractivity contribution in [3.05, 3.63) is 61.6 Å². The molecule has 24 heavy (non-hydrogen) atoms. The largest absolute Gasteiger partial charge is 0.318 e. The molecule has 2 amide bonds. The Bertz CT molecular complexity index is 842. The molecule has 0 fully saturated rings. The second-order valence-corrected chi connectivity index (χ2v) is 5.68. The molecule has 2 N–H and O–H groups in total. The number of rotatable bonds is 3. The van der Waals surface area contributed by atoms with Crippen LogP contribution in [0.1, 0.15) is 0 Å². The summed E-state index contributed by atoms with van der Waals surface area (Å²) in [6.07, 6.45) is 0. The molecule has 0 saturated carbocycles. The summed E-state index contributed by atoms with van der Waals surface area (Å²) >= 11 is 17.4. The van der Waals surface area contributed by atoms with E-state index in [1.807, 2.05) is 0 Å². The number of nitro benzene ring substituents is 1. The normalized spacial score (nSPS) is 10.1. The van der Waals surface area contributed by atoms with Crippen molar-refractivity contribution < 1.29 is 14.5 Å². The maximum atomic E-state index is 11.9. The van der Waals surface area contributed by atoms with Gasteiger partial charge in [-0.3, -0.25) is 19.7 Å². The second kappa shape index (κ2) is 7.48. The van der Waals surface area contributed by atoms with Crippen LogP contribution in [0.4, 0.5) is 17.1 Å². The summed E-state index contributed by atoms with van der Waals surface area (Å²) in [5, 5.41) is 15.8. The summed E-state index contributed by atoms with van der Waals surface area (Å²) < 4.78 is 0. The lowest BCUT2D eigenvalue weighted by Crippen LogP contribution is -2.29. The van der Waals surface area contributed by atoms with Crippen LogP contribution in [0.3, 0.4) is 0 Å². The minimum Gasteiger partial charge on any atom is -0.318 e. The quantitative estimate of drug-likeness (QED) is 0.469. The van der Waals surface area contributed by atoms with Gasteiger partial charge in [0.25, 0.3) is 5.69 Å². The van der Waals surface area contributed by atoms with E-state index < -0.39 is 16.7 Å². The van der Waals surface area contributed by atoms with Gasteiger partial charge >= 0.3 is 11.8 Å². The molecule has 0 aliphatic rings. The predicted molar refractivity (Wildman–Crippen MR) is 91.8 cm³/mol. The van der Waals surface area contributed by atoms with Crippen LogP contribution in [0, 0.1) is 10.1 Å². The Kier molecular flexibility index (Phi) is 5.61. The Balaban J connectivity index is 2.11. The third-order valence-electron chi connectivity index (χ3n) is 2.79. The number of carbonyl (C=O) groups is 2. The van der Waals surface area contributed by atoms with Crippen molar-refractivity contribution in [2.45, 2.75) is 0 Å². The number of anilines is 2. The van der Waals surface area contributed by atoms with E-state index in [-0.39, 0.29) is 27.1 Å². The van der Waals surface area contributed by atoms with Crippen LogP contribution in [-0.2, 0) is 9.59 Å². The summed E-state index contributed by atoms with van der Waals surface area (Å²) in [6, 6.07) is 7.75. The number of non-ortho nitro benzene ring substituents is 1. The van der Waals surface area contributed by atoms with Crippen molar-refractivity contribution in [2.24, 2.45) is 0 Å². The molecule has 0 heterocycles. The van der Waals surface area contributed by atoms with Gasteiger partial charge in [-0.25, -0.2) is 0 Å². The number of nitro groups is 1. The average molecular weight is 389 g/mol. The highest BCUT2D eigenvalue weighted by molar-refractivity contribution is 6.45. The molecule has 0 aliphatic heterocycles. The SMILES string of the molecule is O=C(Nc1ccc(Cl)c(Cl)c1)C(=O)Nc1cc([N+](=O)[O-])ccc1Cl. The van der Waals surface area contributed by atoms with Gasteiger partial charge in [0, 0.05) is 17.8 Å². The first kappa shape index (κ1) is 18.0. The number of amides is 2. The molecule has 10 heteroatoms. The lowest BCUT2D eigenvalue weighted by molar-refractivity contribution is -0.384. The molecule has 0 aliphatic carbocycles. The minimum atomic E-state index is -1.05. The number of hydrogen-bond acceptors (Lipinski definition) is 4. The average Bonchev–Trinajstić information content (AvgIpc) is 2.52. The van der Waals surface area contributed by atoms with E-state index >= 15 is 0 Å². The molecule has 0 bridgehead atoms.